The van der Waals surface area contributed by atoms with E-state index in [2.05, 4.69) is 6.08 Å². The van der Waals surface area contributed by atoms with Crippen LogP contribution < -0.4 is 5.32 Å². The molecule has 3 aliphatic rings. The van der Waals surface area contributed by atoms with Gasteiger partial charge in [0, 0.05) is 17.3 Å². The van der Waals surface area contributed by atoms with E-state index in [1.165, 1.54) is 49.9 Å². The first-order chi connectivity index (χ1) is 5.93. The summed E-state index contributed by atoms with van der Waals surface area (Å²) in [6.45, 7) is 0. The van der Waals surface area contributed by atoms with Crippen molar-refractivity contribution in [2.75, 3.05) is 0 Å². The fraction of sp³-hybridized carbons (Fsp3) is 0.636. The van der Waals surface area contributed by atoms with Gasteiger partial charge in [0.25, 0.3) is 0 Å². The fourth-order valence-corrected chi connectivity index (χ4v) is 2.15. The maximum atomic E-state index is 4.71. The number of hydrogen-bond donors (Lipinski definition) is 0. The summed E-state index contributed by atoms with van der Waals surface area (Å²) in [5.41, 5.74) is 4.38. The largest absolute Gasteiger partial charge is 0.257 e. The Labute approximate surface area is 73.5 Å². The molecule has 0 aromatic rings. The lowest BCUT2D eigenvalue weighted by atomic mass is 9.98. The first kappa shape index (κ1) is 6.76. The highest BCUT2D eigenvalue weighted by Crippen LogP contribution is 2.41. The minimum Gasteiger partial charge on any atom is -0.257 e. The van der Waals surface area contributed by atoms with Gasteiger partial charge in [-0.3, -0.25) is 5.32 Å². The van der Waals surface area contributed by atoms with Gasteiger partial charge >= 0.3 is 0 Å². The number of rotatable bonds is 1. The molecule has 2 aliphatic carbocycles. The monoisotopic (exact) mass is 160 g/mol. The van der Waals surface area contributed by atoms with Gasteiger partial charge in [0.15, 0.2) is 0 Å². The lowest BCUT2D eigenvalue weighted by Crippen LogP contribution is -2.04. The van der Waals surface area contributed by atoms with Gasteiger partial charge in [-0.15, -0.1) is 0 Å². The standard InChI is InChI=1S/C11H14N/c1-2-4-10-9(3-1)7-11(12-10)8-5-6-8/h7-8H,1-6H2. The van der Waals surface area contributed by atoms with E-state index in [0.29, 0.717) is 0 Å². The van der Waals surface area contributed by atoms with E-state index in [0.717, 1.165) is 5.92 Å². The predicted molar refractivity (Wildman–Crippen MR) is 48.4 cm³/mol. The Bertz CT molecular complexity index is 269. The van der Waals surface area contributed by atoms with Gasteiger partial charge in [-0.2, -0.15) is 0 Å². The van der Waals surface area contributed by atoms with Gasteiger partial charge in [0.05, 0.1) is 0 Å². The molecule has 0 saturated heterocycles. The van der Waals surface area contributed by atoms with Crippen molar-refractivity contribution >= 4 is 0 Å². The molecule has 0 N–H and O–H groups in total. The zero-order valence-corrected chi connectivity index (χ0v) is 7.34. The molecule has 0 atom stereocenters. The molecule has 1 aliphatic heterocycles. The van der Waals surface area contributed by atoms with Gasteiger partial charge in [-0.25, -0.2) is 0 Å². The second-order valence-corrected chi connectivity index (χ2v) is 4.13. The average Bonchev–Trinajstić information content (AvgIpc) is 2.85. The van der Waals surface area contributed by atoms with Gasteiger partial charge in [-0.05, 0) is 50.2 Å². The molecule has 1 heteroatoms. The molecule has 3 rings (SSSR count). The van der Waals surface area contributed by atoms with E-state index in [4.69, 9.17) is 5.32 Å². The smallest absolute Gasteiger partial charge is 0.0441 e. The van der Waals surface area contributed by atoms with E-state index in [-0.39, 0.29) is 0 Å². The summed E-state index contributed by atoms with van der Waals surface area (Å²) in [6, 6.07) is 0. The van der Waals surface area contributed by atoms with Gasteiger partial charge in [0.2, 0.25) is 0 Å². The summed E-state index contributed by atoms with van der Waals surface area (Å²) in [6.07, 6.45) is 10.4. The Morgan fingerprint density at radius 2 is 2.00 bits per heavy atom. The summed E-state index contributed by atoms with van der Waals surface area (Å²) in [5, 5.41) is 4.71. The molecule has 1 saturated carbocycles. The van der Waals surface area contributed by atoms with E-state index in [9.17, 15) is 0 Å². The molecular weight excluding hydrogens is 146 g/mol. The van der Waals surface area contributed by atoms with Gasteiger partial charge < -0.3 is 0 Å². The third-order valence-corrected chi connectivity index (χ3v) is 3.06. The van der Waals surface area contributed by atoms with Crippen LogP contribution in [0.2, 0.25) is 0 Å². The van der Waals surface area contributed by atoms with Crippen LogP contribution in [-0.4, -0.2) is 0 Å². The van der Waals surface area contributed by atoms with Crippen molar-refractivity contribution in [3.05, 3.63) is 23.0 Å². The highest BCUT2D eigenvalue weighted by Gasteiger charge is 2.31. The molecular formula is C11H14N. The molecule has 1 fully saturated rings. The van der Waals surface area contributed by atoms with Crippen molar-refractivity contribution in [3.63, 3.8) is 0 Å². The van der Waals surface area contributed by atoms with Crippen LogP contribution in [0.3, 0.4) is 0 Å². The first-order valence-corrected chi connectivity index (χ1v) is 5.09. The van der Waals surface area contributed by atoms with Crippen LogP contribution in [0, 0.1) is 5.92 Å². The molecule has 0 spiro atoms. The molecule has 1 nitrogen and oxygen atoms in total. The maximum Gasteiger partial charge on any atom is 0.0441 e. The quantitative estimate of drug-likeness (QED) is 0.560. The van der Waals surface area contributed by atoms with Crippen molar-refractivity contribution in [3.8, 4) is 0 Å². The number of hydrogen-bond acceptors (Lipinski definition) is 0. The van der Waals surface area contributed by atoms with Crippen molar-refractivity contribution in [2.24, 2.45) is 5.92 Å². The predicted octanol–water partition coefficient (Wildman–Crippen LogP) is 2.73. The zero-order chi connectivity index (χ0) is 7.97. The van der Waals surface area contributed by atoms with Crippen LogP contribution in [-0.2, 0) is 0 Å². The van der Waals surface area contributed by atoms with E-state index in [1.807, 2.05) is 0 Å². The third-order valence-electron chi connectivity index (χ3n) is 3.06. The first-order valence-electron chi connectivity index (χ1n) is 5.09. The summed E-state index contributed by atoms with van der Waals surface area (Å²) < 4.78 is 0. The summed E-state index contributed by atoms with van der Waals surface area (Å²) in [5.74, 6) is 0.843. The minimum absolute atomic E-state index is 0.843. The highest BCUT2D eigenvalue weighted by atomic mass is 14.9. The fourth-order valence-electron chi connectivity index (χ4n) is 2.15. The highest BCUT2D eigenvalue weighted by molar-refractivity contribution is 5.39. The number of allylic oxidation sites excluding steroid dienone is 4. The maximum absolute atomic E-state index is 4.71. The van der Waals surface area contributed by atoms with Crippen LogP contribution in [0.5, 0.6) is 0 Å². The van der Waals surface area contributed by atoms with Gasteiger partial charge in [-0.1, -0.05) is 0 Å². The Morgan fingerprint density at radius 3 is 2.75 bits per heavy atom. The molecule has 0 bridgehead atoms. The van der Waals surface area contributed by atoms with E-state index < -0.39 is 0 Å². The Balaban J connectivity index is 1.82. The third kappa shape index (κ3) is 0.996. The van der Waals surface area contributed by atoms with Crippen LogP contribution >= 0.6 is 0 Å². The van der Waals surface area contributed by atoms with Crippen molar-refractivity contribution in [1.29, 1.82) is 0 Å². The summed E-state index contributed by atoms with van der Waals surface area (Å²) in [4.78, 5) is 0. The van der Waals surface area contributed by atoms with Crippen molar-refractivity contribution in [1.82, 2.24) is 5.32 Å². The molecule has 0 aromatic heterocycles. The average molecular weight is 160 g/mol. The molecule has 63 valence electrons. The molecule has 12 heavy (non-hydrogen) atoms. The molecule has 1 radical (unpaired) electrons. The molecule has 1 heterocycles. The molecule has 0 amide bonds. The SMILES string of the molecule is C1=C(C2CC2)[N]C2=C1CCCC2. The van der Waals surface area contributed by atoms with Crippen LogP contribution in [0.25, 0.3) is 0 Å². The van der Waals surface area contributed by atoms with Crippen LogP contribution in [0.1, 0.15) is 38.5 Å². The molecule has 0 aromatic carbocycles. The van der Waals surface area contributed by atoms with E-state index >= 15 is 0 Å². The van der Waals surface area contributed by atoms with Gasteiger partial charge in [0.1, 0.15) is 0 Å². The lowest BCUT2D eigenvalue weighted by Gasteiger charge is -2.11. The summed E-state index contributed by atoms with van der Waals surface area (Å²) >= 11 is 0. The Hall–Kier alpha value is -0.720. The Morgan fingerprint density at radius 1 is 1.17 bits per heavy atom. The van der Waals surface area contributed by atoms with Crippen molar-refractivity contribution in [2.45, 2.75) is 38.5 Å². The second-order valence-electron chi connectivity index (χ2n) is 4.13. The lowest BCUT2D eigenvalue weighted by molar-refractivity contribution is 0.656. The zero-order valence-electron chi connectivity index (χ0n) is 7.34. The van der Waals surface area contributed by atoms with E-state index in [1.54, 1.807) is 5.57 Å². The normalized spacial score (nSPS) is 28.2. The van der Waals surface area contributed by atoms with Crippen LogP contribution in [0.15, 0.2) is 23.0 Å². The number of nitrogens with zero attached hydrogens (tertiary/aromatic N) is 1. The molecule has 0 unspecified atom stereocenters. The van der Waals surface area contributed by atoms with Crippen LogP contribution in [0.4, 0.5) is 0 Å². The second kappa shape index (κ2) is 2.38. The summed E-state index contributed by atoms with van der Waals surface area (Å²) in [7, 11) is 0. The Kier molecular flexibility index (Phi) is 1.34. The van der Waals surface area contributed by atoms with Crippen molar-refractivity contribution < 1.29 is 0 Å². The topological polar surface area (TPSA) is 14.1 Å². The minimum atomic E-state index is 0.843.